The van der Waals surface area contributed by atoms with Crippen LogP contribution in [-0.2, 0) is 11.3 Å². The van der Waals surface area contributed by atoms with E-state index in [1.54, 1.807) is 12.1 Å². The summed E-state index contributed by atoms with van der Waals surface area (Å²) in [6.07, 6.45) is 0.828. The Balaban J connectivity index is 2.46. The summed E-state index contributed by atoms with van der Waals surface area (Å²) >= 11 is 0. The lowest BCUT2D eigenvalue weighted by molar-refractivity contribution is 0.0505. The zero-order chi connectivity index (χ0) is 12.5. The molecule has 0 unspecified atom stereocenters. The first-order chi connectivity index (χ1) is 8.27. The molecule has 0 saturated heterocycles. The molecule has 1 aromatic carbocycles. The Labute approximate surface area is 102 Å². The van der Waals surface area contributed by atoms with Crippen LogP contribution in [0.1, 0.15) is 29.3 Å². The van der Waals surface area contributed by atoms with E-state index in [0.29, 0.717) is 25.3 Å². The van der Waals surface area contributed by atoms with Crippen molar-refractivity contribution in [3.63, 3.8) is 0 Å². The fourth-order valence-corrected chi connectivity index (χ4v) is 1.35. The van der Waals surface area contributed by atoms with Crippen LogP contribution in [0.4, 0.5) is 0 Å². The molecule has 1 rings (SSSR count). The highest BCUT2D eigenvalue weighted by Gasteiger charge is 2.05. The van der Waals surface area contributed by atoms with E-state index in [-0.39, 0.29) is 12.6 Å². The normalized spacial score (nSPS) is 10.2. The summed E-state index contributed by atoms with van der Waals surface area (Å²) in [6, 6.07) is 7.28. The van der Waals surface area contributed by atoms with Gasteiger partial charge in [-0.05, 0) is 24.1 Å². The predicted molar refractivity (Wildman–Crippen MR) is 65.8 cm³/mol. The molecule has 0 atom stereocenters. The summed E-state index contributed by atoms with van der Waals surface area (Å²) < 4.78 is 5.03. The van der Waals surface area contributed by atoms with Gasteiger partial charge in [0, 0.05) is 13.1 Å². The van der Waals surface area contributed by atoms with Crippen molar-refractivity contribution in [1.29, 1.82) is 0 Å². The molecule has 0 saturated carbocycles. The van der Waals surface area contributed by atoms with E-state index >= 15 is 0 Å². The molecule has 1 aromatic rings. The van der Waals surface area contributed by atoms with Crippen molar-refractivity contribution in [1.82, 2.24) is 5.32 Å². The minimum absolute atomic E-state index is 0.126. The second kappa shape index (κ2) is 7.81. The van der Waals surface area contributed by atoms with Crippen molar-refractivity contribution in [2.75, 3.05) is 19.8 Å². The average Bonchev–Trinajstić information content (AvgIpc) is 2.37. The van der Waals surface area contributed by atoms with Crippen LogP contribution in [0.2, 0.25) is 0 Å². The number of rotatable bonds is 7. The summed E-state index contributed by atoms with van der Waals surface area (Å²) in [7, 11) is 0. The lowest BCUT2D eigenvalue weighted by Crippen LogP contribution is -2.17. The highest BCUT2D eigenvalue weighted by Crippen LogP contribution is 2.06. The van der Waals surface area contributed by atoms with E-state index in [1.807, 2.05) is 19.1 Å². The maximum absolute atomic E-state index is 11.5. The molecule has 0 spiro atoms. The first-order valence-electron chi connectivity index (χ1n) is 5.85. The van der Waals surface area contributed by atoms with Gasteiger partial charge in [-0.1, -0.05) is 19.1 Å². The van der Waals surface area contributed by atoms with Crippen LogP contribution in [0.3, 0.4) is 0 Å². The number of hydrogen-bond acceptors (Lipinski definition) is 4. The van der Waals surface area contributed by atoms with E-state index in [4.69, 9.17) is 9.84 Å². The number of carbonyl (C=O) groups excluding carboxylic acids is 1. The summed E-state index contributed by atoms with van der Waals surface area (Å²) in [5.41, 5.74) is 1.65. The molecule has 0 heterocycles. The molecule has 0 fully saturated rings. The SMILES string of the molecule is CCCOC(=O)c1ccc(CNCCO)cc1. The topological polar surface area (TPSA) is 58.6 Å². The van der Waals surface area contributed by atoms with Gasteiger partial charge in [0.25, 0.3) is 0 Å². The Kier molecular flexibility index (Phi) is 6.29. The van der Waals surface area contributed by atoms with E-state index in [1.165, 1.54) is 0 Å². The number of benzene rings is 1. The molecule has 0 bridgehead atoms. The second-order valence-corrected chi connectivity index (χ2v) is 3.73. The molecule has 2 N–H and O–H groups in total. The molecular formula is C13H19NO3. The van der Waals surface area contributed by atoms with Crippen molar-refractivity contribution in [3.8, 4) is 0 Å². The molecule has 0 aliphatic rings. The van der Waals surface area contributed by atoms with Gasteiger partial charge in [0.1, 0.15) is 0 Å². The largest absolute Gasteiger partial charge is 0.462 e. The first-order valence-corrected chi connectivity index (χ1v) is 5.85. The minimum atomic E-state index is -0.276. The monoisotopic (exact) mass is 237 g/mol. The van der Waals surface area contributed by atoms with Gasteiger partial charge in [0.15, 0.2) is 0 Å². The third-order valence-corrected chi connectivity index (χ3v) is 2.24. The molecule has 4 heteroatoms. The zero-order valence-corrected chi connectivity index (χ0v) is 10.1. The third kappa shape index (κ3) is 4.97. The second-order valence-electron chi connectivity index (χ2n) is 3.73. The lowest BCUT2D eigenvalue weighted by Gasteiger charge is -2.05. The van der Waals surface area contributed by atoms with Crippen LogP contribution < -0.4 is 5.32 Å². The Morgan fingerprint density at radius 1 is 1.35 bits per heavy atom. The van der Waals surface area contributed by atoms with E-state index in [9.17, 15) is 4.79 Å². The van der Waals surface area contributed by atoms with Crippen LogP contribution in [-0.4, -0.2) is 30.8 Å². The molecule has 4 nitrogen and oxygen atoms in total. The van der Waals surface area contributed by atoms with Gasteiger partial charge < -0.3 is 15.2 Å². The summed E-state index contributed by atoms with van der Waals surface area (Å²) in [4.78, 5) is 11.5. The Hall–Kier alpha value is -1.39. The van der Waals surface area contributed by atoms with E-state index < -0.39 is 0 Å². The fraction of sp³-hybridized carbons (Fsp3) is 0.462. The summed E-state index contributed by atoms with van der Waals surface area (Å²) in [5.74, 6) is -0.276. The first kappa shape index (κ1) is 13.7. The number of nitrogens with one attached hydrogen (secondary N) is 1. The average molecular weight is 237 g/mol. The summed E-state index contributed by atoms with van der Waals surface area (Å²) in [6.45, 7) is 3.80. The summed E-state index contributed by atoms with van der Waals surface area (Å²) in [5, 5.41) is 11.7. The number of hydrogen-bond donors (Lipinski definition) is 2. The Bertz CT molecular complexity index is 335. The number of carbonyl (C=O) groups is 1. The minimum Gasteiger partial charge on any atom is -0.462 e. The molecular weight excluding hydrogens is 218 g/mol. The maximum atomic E-state index is 11.5. The van der Waals surface area contributed by atoms with E-state index in [0.717, 1.165) is 12.0 Å². The van der Waals surface area contributed by atoms with Crippen molar-refractivity contribution in [2.45, 2.75) is 19.9 Å². The number of aliphatic hydroxyl groups is 1. The van der Waals surface area contributed by atoms with Crippen molar-refractivity contribution >= 4 is 5.97 Å². The smallest absolute Gasteiger partial charge is 0.338 e. The van der Waals surface area contributed by atoms with Crippen molar-refractivity contribution in [3.05, 3.63) is 35.4 Å². The molecule has 0 aromatic heterocycles. The van der Waals surface area contributed by atoms with Crippen LogP contribution in [0.15, 0.2) is 24.3 Å². The van der Waals surface area contributed by atoms with Crippen LogP contribution in [0.5, 0.6) is 0 Å². The molecule has 94 valence electrons. The maximum Gasteiger partial charge on any atom is 0.338 e. The third-order valence-electron chi connectivity index (χ3n) is 2.24. The van der Waals surface area contributed by atoms with E-state index in [2.05, 4.69) is 5.32 Å². The van der Waals surface area contributed by atoms with Crippen LogP contribution in [0.25, 0.3) is 0 Å². The van der Waals surface area contributed by atoms with Gasteiger partial charge in [-0.3, -0.25) is 0 Å². The van der Waals surface area contributed by atoms with Gasteiger partial charge in [-0.2, -0.15) is 0 Å². The van der Waals surface area contributed by atoms with Gasteiger partial charge in [0.05, 0.1) is 18.8 Å². The number of esters is 1. The number of aliphatic hydroxyl groups excluding tert-OH is 1. The quantitative estimate of drug-likeness (QED) is 0.555. The molecule has 17 heavy (non-hydrogen) atoms. The van der Waals surface area contributed by atoms with Crippen LogP contribution >= 0.6 is 0 Å². The van der Waals surface area contributed by atoms with Gasteiger partial charge in [0.2, 0.25) is 0 Å². The van der Waals surface area contributed by atoms with Gasteiger partial charge in [-0.15, -0.1) is 0 Å². The predicted octanol–water partition coefficient (Wildman–Crippen LogP) is 1.34. The highest BCUT2D eigenvalue weighted by molar-refractivity contribution is 5.89. The zero-order valence-electron chi connectivity index (χ0n) is 10.1. The standard InChI is InChI=1S/C13H19NO3/c1-2-9-17-13(16)12-5-3-11(4-6-12)10-14-7-8-15/h3-6,14-15H,2,7-10H2,1H3. The van der Waals surface area contributed by atoms with Gasteiger partial charge in [-0.25, -0.2) is 4.79 Å². The highest BCUT2D eigenvalue weighted by atomic mass is 16.5. The molecule has 0 radical (unpaired) electrons. The van der Waals surface area contributed by atoms with Crippen molar-refractivity contribution < 1.29 is 14.6 Å². The lowest BCUT2D eigenvalue weighted by atomic mass is 10.1. The molecule has 0 amide bonds. The number of ether oxygens (including phenoxy) is 1. The Morgan fingerprint density at radius 2 is 2.06 bits per heavy atom. The van der Waals surface area contributed by atoms with Gasteiger partial charge >= 0.3 is 5.97 Å². The van der Waals surface area contributed by atoms with Crippen molar-refractivity contribution in [2.24, 2.45) is 0 Å². The molecule has 0 aliphatic heterocycles. The fourth-order valence-electron chi connectivity index (χ4n) is 1.35. The Morgan fingerprint density at radius 3 is 2.65 bits per heavy atom. The van der Waals surface area contributed by atoms with Crippen LogP contribution in [0, 0.1) is 0 Å². The molecule has 0 aliphatic carbocycles.